The number of rotatable bonds is 6. The van der Waals surface area contributed by atoms with Gasteiger partial charge in [0.1, 0.15) is 0 Å². The minimum absolute atomic E-state index is 0.0208. The molecular weight excluding hydrogens is 338 g/mol. The van der Waals surface area contributed by atoms with E-state index in [2.05, 4.69) is 4.98 Å². The normalized spacial score (nSPS) is 11.7. The van der Waals surface area contributed by atoms with E-state index < -0.39 is 22.5 Å². The second-order valence-corrected chi connectivity index (χ2v) is 8.24. The van der Waals surface area contributed by atoms with E-state index in [9.17, 15) is 13.2 Å². The van der Waals surface area contributed by atoms with Crippen LogP contribution in [0.25, 0.3) is 0 Å². The van der Waals surface area contributed by atoms with Gasteiger partial charge in [-0.15, -0.1) is 11.3 Å². The summed E-state index contributed by atoms with van der Waals surface area (Å²) in [7, 11) is -3.90. The molecule has 0 fully saturated rings. The molecule has 23 heavy (non-hydrogen) atoms. The predicted molar refractivity (Wildman–Crippen MR) is 85.6 cm³/mol. The lowest BCUT2D eigenvalue weighted by molar-refractivity contribution is -0.129. The third kappa shape index (κ3) is 4.14. The van der Waals surface area contributed by atoms with Gasteiger partial charge in [0, 0.05) is 6.54 Å². The molecule has 0 saturated carbocycles. The van der Waals surface area contributed by atoms with E-state index in [0.717, 1.165) is 21.2 Å². The number of aromatic nitrogens is 1. The number of hydrogen-bond donors (Lipinski definition) is 2. The van der Waals surface area contributed by atoms with Gasteiger partial charge in [-0.2, -0.15) is 4.31 Å². The van der Waals surface area contributed by atoms with Crippen LogP contribution in [0.3, 0.4) is 0 Å². The zero-order chi connectivity index (χ0) is 17.0. The maximum atomic E-state index is 12.9. The fraction of sp³-hybridized carbons (Fsp3) is 0.286. The van der Waals surface area contributed by atoms with Crippen molar-refractivity contribution in [3.63, 3.8) is 0 Å². The molecule has 0 unspecified atom stereocenters. The maximum Gasteiger partial charge on any atom is 0.258 e. The van der Waals surface area contributed by atoms with Gasteiger partial charge in [0.15, 0.2) is 4.21 Å². The SMILES string of the molecule is Cc1nc(C)c(S(=O)(=O)N(CC(=O)NO)Cc2ccccc2)s1. The Morgan fingerprint density at radius 2 is 1.96 bits per heavy atom. The molecule has 2 rings (SSSR count). The number of benzene rings is 1. The summed E-state index contributed by atoms with van der Waals surface area (Å²) in [5.41, 5.74) is 2.60. The van der Waals surface area contributed by atoms with Crippen LogP contribution in [-0.2, 0) is 21.4 Å². The number of amides is 1. The topological polar surface area (TPSA) is 99.6 Å². The summed E-state index contributed by atoms with van der Waals surface area (Å²) >= 11 is 1.06. The van der Waals surface area contributed by atoms with Crippen molar-refractivity contribution in [3.8, 4) is 0 Å². The molecule has 124 valence electrons. The van der Waals surface area contributed by atoms with Crippen LogP contribution >= 0.6 is 11.3 Å². The minimum Gasteiger partial charge on any atom is -0.289 e. The van der Waals surface area contributed by atoms with E-state index in [-0.39, 0.29) is 10.8 Å². The van der Waals surface area contributed by atoms with Crippen molar-refractivity contribution >= 4 is 27.3 Å². The van der Waals surface area contributed by atoms with Crippen LogP contribution in [0.5, 0.6) is 0 Å². The van der Waals surface area contributed by atoms with Crippen LogP contribution in [-0.4, -0.2) is 35.4 Å². The number of hydrogen-bond acceptors (Lipinski definition) is 6. The lowest BCUT2D eigenvalue weighted by Gasteiger charge is -2.20. The van der Waals surface area contributed by atoms with Gasteiger partial charge in [0.25, 0.3) is 15.9 Å². The Bertz CT molecular complexity index is 788. The fourth-order valence-corrected chi connectivity index (χ4v) is 5.08. The molecule has 1 amide bonds. The molecular formula is C14H17N3O4S2. The van der Waals surface area contributed by atoms with Gasteiger partial charge in [0.2, 0.25) is 0 Å². The summed E-state index contributed by atoms with van der Waals surface area (Å²) in [6, 6.07) is 8.93. The van der Waals surface area contributed by atoms with Crippen molar-refractivity contribution in [2.75, 3.05) is 6.54 Å². The number of aryl methyl sites for hydroxylation is 2. The third-order valence-electron chi connectivity index (χ3n) is 3.08. The fourth-order valence-electron chi connectivity index (χ4n) is 2.08. The van der Waals surface area contributed by atoms with Crippen LogP contribution in [0.1, 0.15) is 16.3 Å². The Balaban J connectivity index is 2.39. The Hall–Kier alpha value is -1.81. The number of carbonyl (C=O) groups excluding carboxylic acids is 1. The molecule has 1 aromatic carbocycles. The quantitative estimate of drug-likeness (QED) is 0.604. The third-order valence-corrected chi connectivity index (χ3v) is 6.53. The van der Waals surface area contributed by atoms with Crippen LogP contribution < -0.4 is 5.48 Å². The van der Waals surface area contributed by atoms with Gasteiger partial charge in [-0.05, 0) is 19.4 Å². The molecule has 9 heteroatoms. The first-order chi connectivity index (χ1) is 10.8. The van der Waals surface area contributed by atoms with Crippen molar-refractivity contribution in [2.45, 2.75) is 24.6 Å². The highest BCUT2D eigenvalue weighted by molar-refractivity contribution is 7.91. The van der Waals surface area contributed by atoms with E-state index in [1.165, 1.54) is 5.48 Å². The lowest BCUT2D eigenvalue weighted by Crippen LogP contribution is -2.39. The summed E-state index contributed by atoms with van der Waals surface area (Å²) in [6.45, 7) is 2.87. The van der Waals surface area contributed by atoms with E-state index in [1.807, 2.05) is 6.07 Å². The molecule has 2 aromatic rings. The summed E-state index contributed by atoms with van der Waals surface area (Å²) in [5, 5.41) is 9.35. The number of nitrogens with one attached hydrogen (secondary N) is 1. The average Bonchev–Trinajstić information content (AvgIpc) is 2.87. The first-order valence-electron chi connectivity index (χ1n) is 6.75. The zero-order valence-corrected chi connectivity index (χ0v) is 14.3. The number of nitrogens with zero attached hydrogens (tertiary/aromatic N) is 2. The van der Waals surface area contributed by atoms with Crippen LogP contribution in [0.4, 0.5) is 0 Å². The minimum atomic E-state index is -3.90. The zero-order valence-electron chi connectivity index (χ0n) is 12.7. The molecule has 2 N–H and O–H groups in total. The number of sulfonamides is 1. The molecule has 1 aromatic heterocycles. The predicted octanol–water partition coefficient (Wildman–Crippen LogP) is 1.46. The van der Waals surface area contributed by atoms with Gasteiger partial charge >= 0.3 is 0 Å². The molecule has 1 heterocycles. The van der Waals surface area contributed by atoms with Crippen LogP contribution in [0.15, 0.2) is 34.5 Å². The van der Waals surface area contributed by atoms with Crippen molar-refractivity contribution in [1.29, 1.82) is 0 Å². The van der Waals surface area contributed by atoms with E-state index >= 15 is 0 Å². The Kier molecular flexibility index (Phi) is 5.47. The van der Waals surface area contributed by atoms with Gasteiger partial charge in [-0.3, -0.25) is 10.0 Å². The van der Waals surface area contributed by atoms with Crippen LogP contribution in [0.2, 0.25) is 0 Å². The van der Waals surface area contributed by atoms with E-state index in [4.69, 9.17) is 5.21 Å². The van der Waals surface area contributed by atoms with Gasteiger partial charge in [0.05, 0.1) is 17.2 Å². The molecule has 7 nitrogen and oxygen atoms in total. The highest BCUT2D eigenvalue weighted by Gasteiger charge is 2.30. The Morgan fingerprint density at radius 3 is 2.48 bits per heavy atom. The molecule has 0 bridgehead atoms. The Labute approximate surface area is 138 Å². The summed E-state index contributed by atoms with van der Waals surface area (Å²) in [5.74, 6) is -0.802. The number of carbonyl (C=O) groups is 1. The van der Waals surface area contributed by atoms with Gasteiger partial charge < -0.3 is 0 Å². The second kappa shape index (κ2) is 7.18. The van der Waals surface area contributed by atoms with Crippen LogP contribution in [0, 0.1) is 13.8 Å². The second-order valence-electron chi connectivity index (χ2n) is 4.90. The number of thiazole rings is 1. The molecule has 0 spiro atoms. The Morgan fingerprint density at radius 1 is 1.30 bits per heavy atom. The van der Waals surface area contributed by atoms with Crippen molar-refractivity contribution in [2.24, 2.45) is 0 Å². The summed E-state index contributed by atoms with van der Waals surface area (Å²) in [4.78, 5) is 15.6. The van der Waals surface area contributed by atoms with Gasteiger partial charge in [-0.25, -0.2) is 18.9 Å². The molecule has 0 atom stereocenters. The van der Waals surface area contributed by atoms with Crippen molar-refractivity contribution < 1.29 is 18.4 Å². The smallest absolute Gasteiger partial charge is 0.258 e. The van der Waals surface area contributed by atoms with Gasteiger partial charge in [-0.1, -0.05) is 30.3 Å². The molecule has 0 aliphatic rings. The van der Waals surface area contributed by atoms with E-state index in [0.29, 0.717) is 10.7 Å². The molecule has 0 radical (unpaired) electrons. The monoisotopic (exact) mass is 355 g/mol. The molecule has 0 aliphatic carbocycles. The standard InChI is InChI=1S/C14H17N3O4S2/c1-10-14(22-11(2)15-10)23(20,21)17(9-13(18)16-19)8-12-6-4-3-5-7-12/h3-7,19H,8-9H2,1-2H3,(H,16,18). The highest BCUT2D eigenvalue weighted by atomic mass is 32.2. The average molecular weight is 355 g/mol. The maximum absolute atomic E-state index is 12.9. The first kappa shape index (κ1) is 17.5. The highest BCUT2D eigenvalue weighted by Crippen LogP contribution is 2.27. The lowest BCUT2D eigenvalue weighted by atomic mass is 10.2. The van der Waals surface area contributed by atoms with Crippen molar-refractivity contribution in [1.82, 2.24) is 14.8 Å². The summed E-state index contributed by atoms with van der Waals surface area (Å²) < 4.78 is 26.8. The number of hydroxylamine groups is 1. The summed E-state index contributed by atoms with van der Waals surface area (Å²) in [6.07, 6.45) is 0. The van der Waals surface area contributed by atoms with E-state index in [1.54, 1.807) is 38.1 Å². The first-order valence-corrected chi connectivity index (χ1v) is 9.01. The largest absolute Gasteiger partial charge is 0.289 e. The van der Waals surface area contributed by atoms with Crippen molar-refractivity contribution in [3.05, 3.63) is 46.6 Å². The molecule has 0 saturated heterocycles. The molecule has 0 aliphatic heterocycles.